The number of fused-ring (bicyclic) bond motifs is 1. The minimum atomic E-state index is -1.05. The Hall–Kier alpha value is -4.74. The molecule has 2 aliphatic rings. The van der Waals surface area contributed by atoms with E-state index in [9.17, 15) is 18.8 Å². The Morgan fingerprint density at radius 1 is 1.23 bits per heavy atom. The molecule has 3 aromatic heterocycles. The Bertz CT molecular complexity index is 1750. The molecule has 2 atom stereocenters. The van der Waals surface area contributed by atoms with Crippen LogP contribution >= 0.6 is 0 Å². The molecule has 1 aliphatic carbocycles. The van der Waals surface area contributed by atoms with Crippen LogP contribution in [-0.2, 0) is 16.0 Å². The van der Waals surface area contributed by atoms with Crippen molar-refractivity contribution in [3.63, 3.8) is 0 Å². The van der Waals surface area contributed by atoms with Crippen LogP contribution in [0, 0.1) is 5.82 Å². The second kappa shape index (κ2) is 11.9. The number of aromatic nitrogens is 4. The highest BCUT2D eigenvalue weighted by molar-refractivity contribution is 5.90. The van der Waals surface area contributed by atoms with E-state index < -0.39 is 29.2 Å². The van der Waals surface area contributed by atoms with Gasteiger partial charge in [0.2, 0.25) is 11.8 Å². The number of primary amides is 1. The summed E-state index contributed by atoms with van der Waals surface area (Å²) in [6.45, 7) is 10.3. The molecule has 4 heterocycles. The van der Waals surface area contributed by atoms with E-state index >= 15 is 4.39 Å². The van der Waals surface area contributed by atoms with Crippen LogP contribution in [0.15, 0.2) is 59.8 Å². The van der Waals surface area contributed by atoms with Crippen LogP contribution in [0.5, 0.6) is 0 Å². The summed E-state index contributed by atoms with van der Waals surface area (Å²) >= 11 is 0. The van der Waals surface area contributed by atoms with Crippen LogP contribution in [0.25, 0.3) is 16.7 Å². The van der Waals surface area contributed by atoms with Gasteiger partial charge in [-0.1, -0.05) is 32.6 Å². The lowest BCUT2D eigenvalue weighted by molar-refractivity contribution is -0.126. The molecule has 2 amide bonds. The van der Waals surface area contributed by atoms with Crippen LogP contribution in [0.1, 0.15) is 56.0 Å². The quantitative estimate of drug-likeness (QED) is 0.398. The van der Waals surface area contributed by atoms with Gasteiger partial charge < -0.3 is 15.5 Å². The normalized spacial score (nSPS) is 18.4. The molecule has 0 aromatic carbocycles. The van der Waals surface area contributed by atoms with E-state index in [0.29, 0.717) is 36.6 Å². The van der Waals surface area contributed by atoms with Gasteiger partial charge in [0.25, 0.3) is 0 Å². The Labute approximate surface area is 247 Å². The molecular formula is C31H33F2N7O3. The first-order valence-electron chi connectivity index (χ1n) is 14.1. The highest BCUT2D eigenvalue weighted by atomic mass is 19.1. The number of pyridine rings is 2. The minimum absolute atomic E-state index is 0.0220. The average Bonchev–Trinajstić information content (AvgIpc) is 3.40. The SMILES string of the molecule is C=CC(=O)N1CCN(c2nc(=O)n(-c3c(CCC(N)=O)ccnc3C(C)C)c3nc(C4C=CC=C4F)c(F)cc23)[C@@H](C)C1. The van der Waals surface area contributed by atoms with Crippen molar-refractivity contribution in [1.29, 1.82) is 0 Å². The predicted molar refractivity (Wildman–Crippen MR) is 159 cm³/mol. The number of hydrogen-bond acceptors (Lipinski definition) is 7. The highest BCUT2D eigenvalue weighted by Crippen LogP contribution is 2.36. The highest BCUT2D eigenvalue weighted by Gasteiger charge is 2.32. The first-order chi connectivity index (χ1) is 20.5. The summed E-state index contributed by atoms with van der Waals surface area (Å²) in [6.07, 6.45) is 7.31. The summed E-state index contributed by atoms with van der Waals surface area (Å²) in [5, 5.41) is 0.238. The smallest absolute Gasteiger partial charge is 0.355 e. The fourth-order valence-electron chi connectivity index (χ4n) is 5.69. The van der Waals surface area contributed by atoms with E-state index in [4.69, 9.17) is 5.73 Å². The van der Waals surface area contributed by atoms with Gasteiger partial charge in [0.1, 0.15) is 17.5 Å². The number of anilines is 1. The van der Waals surface area contributed by atoms with E-state index in [-0.39, 0.29) is 53.3 Å². The van der Waals surface area contributed by atoms with Gasteiger partial charge in [-0.25, -0.2) is 23.1 Å². The van der Waals surface area contributed by atoms with E-state index in [0.717, 1.165) is 0 Å². The molecule has 224 valence electrons. The molecule has 1 unspecified atom stereocenters. The molecule has 0 spiro atoms. The fraction of sp³-hybridized carbons (Fsp3) is 0.355. The lowest BCUT2D eigenvalue weighted by Crippen LogP contribution is -2.54. The van der Waals surface area contributed by atoms with Crippen LogP contribution in [0.4, 0.5) is 14.6 Å². The summed E-state index contributed by atoms with van der Waals surface area (Å²) in [4.78, 5) is 55.1. The van der Waals surface area contributed by atoms with Crippen molar-refractivity contribution in [2.24, 2.45) is 5.73 Å². The van der Waals surface area contributed by atoms with E-state index in [1.165, 1.54) is 34.9 Å². The molecule has 2 N–H and O–H groups in total. The number of amides is 2. The number of nitrogens with two attached hydrogens (primary N) is 1. The van der Waals surface area contributed by atoms with Crippen LogP contribution in [0.2, 0.25) is 0 Å². The first kappa shape index (κ1) is 29.7. The van der Waals surface area contributed by atoms with Crippen molar-refractivity contribution in [2.75, 3.05) is 24.5 Å². The van der Waals surface area contributed by atoms with Gasteiger partial charge in [-0.2, -0.15) is 4.98 Å². The summed E-state index contributed by atoms with van der Waals surface area (Å²) < 4.78 is 31.8. The molecule has 1 saturated heterocycles. The molecule has 1 aliphatic heterocycles. The fourth-order valence-corrected chi connectivity index (χ4v) is 5.69. The standard InChI is InChI=1S/C31H33F2N7O3/c1-5-25(42)38-13-14-39(18(4)16-38)29-21-15-23(33)27(20-7-6-8-22(20)32)36-30(21)40(31(43)37-29)28-19(9-10-24(34)41)11-12-35-26(28)17(2)3/h5-8,11-12,15,17-18,20H,1,9-10,13-14,16H2,2-4H3,(H2,34,41)/t18-,20?/m0/s1. The second-order valence-electron chi connectivity index (χ2n) is 11.0. The van der Waals surface area contributed by atoms with Crippen molar-refractivity contribution >= 4 is 28.7 Å². The molecule has 12 heteroatoms. The van der Waals surface area contributed by atoms with Gasteiger partial charge in [-0.3, -0.25) is 14.6 Å². The summed E-state index contributed by atoms with van der Waals surface area (Å²) in [5.74, 6) is -3.05. The summed E-state index contributed by atoms with van der Waals surface area (Å²) in [6, 6.07) is 2.65. The van der Waals surface area contributed by atoms with E-state index in [1.807, 2.05) is 25.7 Å². The zero-order valence-corrected chi connectivity index (χ0v) is 24.3. The maximum Gasteiger partial charge on any atom is 0.355 e. The molecule has 0 radical (unpaired) electrons. The molecule has 5 rings (SSSR count). The lowest BCUT2D eigenvalue weighted by atomic mass is 10.0. The number of carbonyl (C=O) groups is 2. The van der Waals surface area contributed by atoms with E-state index in [1.54, 1.807) is 17.2 Å². The lowest BCUT2D eigenvalue weighted by Gasteiger charge is -2.40. The number of hydrogen-bond donors (Lipinski definition) is 1. The largest absolute Gasteiger partial charge is 0.370 e. The van der Waals surface area contributed by atoms with Crippen molar-refractivity contribution in [2.45, 2.75) is 51.5 Å². The molecular weight excluding hydrogens is 556 g/mol. The third kappa shape index (κ3) is 5.56. The Morgan fingerprint density at radius 2 is 2.00 bits per heavy atom. The van der Waals surface area contributed by atoms with Gasteiger partial charge in [0.05, 0.1) is 28.4 Å². The molecule has 0 saturated carbocycles. The van der Waals surface area contributed by atoms with Gasteiger partial charge in [-0.15, -0.1) is 0 Å². The van der Waals surface area contributed by atoms with Crippen molar-refractivity contribution in [3.05, 3.63) is 88.3 Å². The maximum absolute atomic E-state index is 15.8. The zero-order valence-electron chi connectivity index (χ0n) is 24.3. The van der Waals surface area contributed by atoms with Crippen LogP contribution < -0.4 is 16.3 Å². The molecule has 0 bridgehead atoms. The van der Waals surface area contributed by atoms with Crippen LogP contribution in [-0.4, -0.2) is 61.9 Å². The number of rotatable bonds is 8. The Balaban J connectivity index is 1.79. The number of carbonyl (C=O) groups excluding carboxylic acids is 2. The van der Waals surface area contributed by atoms with Crippen molar-refractivity contribution in [1.82, 2.24) is 24.4 Å². The van der Waals surface area contributed by atoms with Gasteiger partial charge in [0.15, 0.2) is 5.65 Å². The van der Waals surface area contributed by atoms with Gasteiger partial charge in [-0.05, 0) is 49.1 Å². The Morgan fingerprint density at radius 3 is 2.63 bits per heavy atom. The average molecular weight is 590 g/mol. The molecule has 10 nitrogen and oxygen atoms in total. The number of aryl methyl sites for hydroxylation is 1. The topological polar surface area (TPSA) is 127 Å². The predicted octanol–water partition coefficient (Wildman–Crippen LogP) is 3.59. The molecule has 3 aromatic rings. The number of allylic oxidation sites excluding steroid dienone is 4. The Kier molecular flexibility index (Phi) is 8.21. The monoisotopic (exact) mass is 589 g/mol. The molecule has 1 fully saturated rings. The summed E-state index contributed by atoms with van der Waals surface area (Å²) in [7, 11) is 0. The van der Waals surface area contributed by atoms with Crippen LogP contribution in [0.3, 0.4) is 0 Å². The minimum Gasteiger partial charge on any atom is -0.370 e. The summed E-state index contributed by atoms with van der Waals surface area (Å²) in [5.41, 5.74) is 6.19. The number of piperazine rings is 1. The zero-order chi connectivity index (χ0) is 31.0. The maximum atomic E-state index is 15.8. The van der Waals surface area contributed by atoms with Gasteiger partial charge in [0, 0.05) is 38.3 Å². The molecule has 43 heavy (non-hydrogen) atoms. The second-order valence-corrected chi connectivity index (χ2v) is 11.0. The third-order valence-corrected chi connectivity index (χ3v) is 7.81. The third-order valence-electron chi connectivity index (χ3n) is 7.81. The number of nitrogens with zero attached hydrogens (tertiary/aromatic N) is 6. The number of halogens is 2. The van der Waals surface area contributed by atoms with Crippen molar-refractivity contribution in [3.8, 4) is 5.69 Å². The van der Waals surface area contributed by atoms with E-state index in [2.05, 4.69) is 21.5 Å². The van der Waals surface area contributed by atoms with Gasteiger partial charge >= 0.3 is 5.69 Å². The first-order valence-corrected chi connectivity index (χ1v) is 14.1. The van der Waals surface area contributed by atoms with Crippen molar-refractivity contribution < 1.29 is 18.4 Å².